The van der Waals surface area contributed by atoms with E-state index in [1.54, 1.807) is 6.92 Å². The maximum atomic E-state index is 12.2. The van der Waals surface area contributed by atoms with Gasteiger partial charge in [-0.3, -0.25) is 14.9 Å². The van der Waals surface area contributed by atoms with E-state index < -0.39 is 4.92 Å². The van der Waals surface area contributed by atoms with Gasteiger partial charge in [0.15, 0.2) is 0 Å². The van der Waals surface area contributed by atoms with Crippen LogP contribution >= 0.6 is 0 Å². The highest BCUT2D eigenvalue weighted by molar-refractivity contribution is 5.98. The van der Waals surface area contributed by atoms with E-state index in [9.17, 15) is 14.9 Å². The molecule has 100 valence electrons. The van der Waals surface area contributed by atoms with Crippen LogP contribution in [0.2, 0.25) is 0 Å². The van der Waals surface area contributed by atoms with E-state index in [1.807, 2.05) is 0 Å². The van der Waals surface area contributed by atoms with Gasteiger partial charge in [0.25, 0.3) is 5.91 Å². The lowest BCUT2D eigenvalue weighted by Gasteiger charge is -2.19. The molecule has 0 unspecified atom stereocenters. The highest BCUT2D eigenvalue weighted by Crippen LogP contribution is 2.31. The van der Waals surface area contributed by atoms with Gasteiger partial charge < -0.3 is 9.64 Å². The van der Waals surface area contributed by atoms with Crippen molar-refractivity contribution >= 4 is 11.6 Å². The maximum Gasteiger partial charge on any atom is 0.311 e. The van der Waals surface area contributed by atoms with Gasteiger partial charge in [0.2, 0.25) is 5.75 Å². The Balaban J connectivity index is 3.27. The van der Waals surface area contributed by atoms with E-state index in [1.165, 1.54) is 30.2 Å². The molecule has 1 rings (SSSR count). The van der Waals surface area contributed by atoms with Crippen molar-refractivity contribution in [3.63, 3.8) is 0 Å². The summed E-state index contributed by atoms with van der Waals surface area (Å²) in [6, 6.07) is 4.21. The number of hydrogen-bond donors (Lipinski definition) is 0. The summed E-state index contributed by atoms with van der Waals surface area (Å²) in [4.78, 5) is 24.0. The van der Waals surface area contributed by atoms with Crippen LogP contribution in [0.25, 0.3) is 0 Å². The SMILES string of the molecule is C#CCN(CC)C(=O)c1cccc([N+](=O)[O-])c1OC. The molecule has 0 radical (unpaired) electrons. The van der Waals surface area contributed by atoms with Crippen LogP contribution in [-0.2, 0) is 0 Å². The summed E-state index contributed by atoms with van der Waals surface area (Å²) in [6.45, 7) is 2.33. The van der Waals surface area contributed by atoms with Crippen LogP contribution in [0, 0.1) is 22.5 Å². The van der Waals surface area contributed by atoms with Crippen LogP contribution in [-0.4, -0.2) is 35.9 Å². The van der Waals surface area contributed by atoms with Crippen LogP contribution < -0.4 is 4.74 Å². The molecule has 19 heavy (non-hydrogen) atoms. The number of methoxy groups -OCH3 is 1. The maximum absolute atomic E-state index is 12.2. The Morgan fingerprint density at radius 3 is 2.74 bits per heavy atom. The Morgan fingerprint density at radius 2 is 2.26 bits per heavy atom. The molecular formula is C13H14N2O4. The zero-order valence-electron chi connectivity index (χ0n) is 10.8. The molecule has 6 heteroatoms. The van der Waals surface area contributed by atoms with Gasteiger partial charge in [-0.15, -0.1) is 6.42 Å². The van der Waals surface area contributed by atoms with Crippen molar-refractivity contribution in [2.24, 2.45) is 0 Å². The minimum atomic E-state index is -0.590. The van der Waals surface area contributed by atoms with Crippen molar-refractivity contribution in [1.82, 2.24) is 4.90 Å². The zero-order chi connectivity index (χ0) is 14.4. The molecule has 0 aliphatic carbocycles. The number of nitro benzene ring substituents is 1. The van der Waals surface area contributed by atoms with Crippen molar-refractivity contribution in [3.05, 3.63) is 33.9 Å². The predicted octanol–water partition coefficient (Wildman–Crippen LogP) is 1.70. The van der Waals surface area contributed by atoms with Gasteiger partial charge in [-0.2, -0.15) is 0 Å². The first-order chi connectivity index (χ1) is 9.06. The fraction of sp³-hybridized carbons (Fsp3) is 0.308. The van der Waals surface area contributed by atoms with Crippen molar-refractivity contribution in [1.29, 1.82) is 0 Å². The average molecular weight is 262 g/mol. The number of benzene rings is 1. The van der Waals surface area contributed by atoms with E-state index in [0.717, 1.165) is 0 Å². The first kappa shape index (κ1) is 14.5. The molecular weight excluding hydrogens is 248 g/mol. The number of nitro groups is 1. The third-order valence-corrected chi connectivity index (χ3v) is 2.58. The van der Waals surface area contributed by atoms with Crippen molar-refractivity contribution < 1.29 is 14.5 Å². The fourth-order valence-electron chi connectivity index (χ4n) is 1.66. The second kappa shape index (κ2) is 6.40. The van der Waals surface area contributed by atoms with Gasteiger partial charge >= 0.3 is 5.69 Å². The third-order valence-electron chi connectivity index (χ3n) is 2.58. The molecule has 0 N–H and O–H groups in total. The minimum absolute atomic E-state index is 0.0482. The molecule has 1 aromatic carbocycles. The number of amides is 1. The molecule has 1 amide bonds. The standard InChI is InChI=1S/C13H14N2O4/c1-4-9-14(5-2)13(16)10-7-6-8-11(15(17)18)12(10)19-3/h1,6-8H,5,9H2,2-3H3. The normalized spacial score (nSPS) is 9.53. The van der Waals surface area contributed by atoms with Crippen LogP contribution in [0.15, 0.2) is 18.2 Å². The van der Waals surface area contributed by atoms with E-state index in [2.05, 4.69) is 5.92 Å². The topological polar surface area (TPSA) is 72.7 Å². The molecule has 0 heterocycles. The summed E-state index contributed by atoms with van der Waals surface area (Å²) in [5.74, 6) is 1.94. The Kier molecular flexibility index (Phi) is 4.89. The first-order valence-electron chi connectivity index (χ1n) is 5.60. The molecule has 0 aliphatic heterocycles. The summed E-state index contributed by atoms with van der Waals surface area (Å²) >= 11 is 0. The van der Waals surface area contributed by atoms with Crippen LogP contribution in [0.5, 0.6) is 5.75 Å². The molecule has 0 fully saturated rings. The number of terminal acetylenes is 1. The highest BCUT2D eigenvalue weighted by Gasteiger charge is 2.24. The Morgan fingerprint density at radius 1 is 1.58 bits per heavy atom. The lowest BCUT2D eigenvalue weighted by Crippen LogP contribution is -2.31. The number of rotatable bonds is 5. The van der Waals surface area contributed by atoms with Crippen molar-refractivity contribution in [2.75, 3.05) is 20.2 Å². The van der Waals surface area contributed by atoms with Gasteiger partial charge in [-0.25, -0.2) is 0 Å². The largest absolute Gasteiger partial charge is 0.490 e. The van der Waals surface area contributed by atoms with E-state index in [-0.39, 0.29) is 29.5 Å². The fourth-order valence-corrected chi connectivity index (χ4v) is 1.66. The van der Waals surface area contributed by atoms with Crippen LogP contribution in [0.4, 0.5) is 5.69 Å². The highest BCUT2D eigenvalue weighted by atomic mass is 16.6. The smallest absolute Gasteiger partial charge is 0.311 e. The van der Waals surface area contributed by atoms with E-state index >= 15 is 0 Å². The molecule has 1 aromatic rings. The summed E-state index contributed by atoms with van der Waals surface area (Å²) in [5.41, 5.74) is -0.112. The molecule has 0 aromatic heterocycles. The third kappa shape index (κ3) is 3.01. The summed E-state index contributed by atoms with van der Waals surface area (Å²) in [7, 11) is 1.29. The van der Waals surface area contributed by atoms with Crippen molar-refractivity contribution in [2.45, 2.75) is 6.92 Å². The summed E-state index contributed by atoms with van der Waals surface area (Å²) < 4.78 is 4.99. The Bertz CT molecular complexity index is 534. The number of hydrogen-bond acceptors (Lipinski definition) is 4. The summed E-state index contributed by atoms with van der Waals surface area (Å²) in [6.07, 6.45) is 5.19. The molecule has 0 saturated heterocycles. The Labute approximate surface area is 111 Å². The molecule has 0 atom stereocenters. The predicted molar refractivity (Wildman–Crippen MR) is 70.1 cm³/mol. The molecule has 0 spiro atoms. The number of carbonyl (C=O) groups is 1. The molecule has 0 aliphatic rings. The second-order valence-electron chi connectivity index (χ2n) is 3.64. The lowest BCUT2D eigenvalue weighted by molar-refractivity contribution is -0.385. The minimum Gasteiger partial charge on any atom is -0.490 e. The van der Waals surface area contributed by atoms with Gasteiger partial charge in [-0.1, -0.05) is 12.0 Å². The van der Waals surface area contributed by atoms with E-state index in [4.69, 9.17) is 11.2 Å². The number of ether oxygens (including phenoxy) is 1. The van der Waals surface area contributed by atoms with Crippen molar-refractivity contribution in [3.8, 4) is 18.1 Å². The molecule has 0 bridgehead atoms. The average Bonchev–Trinajstić information content (AvgIpc) is 2.42. The number of nitrogens with zero attached hydrogens (tertiary/aromatic N) is 2. The monoisotopic (exact) mass is 262 g/mol. The summed E-state index contributed by atoms with van der Waals surface area (Å²) in [5, 5.41) is 10.9. The Hall–Kier alpha value is -2.55. The van der Waals surface area contributed by atoms with Crippen LogP contribution in [0.3, 0.4) is 0 Å². The lowest BCUT2D eigenvalue weighted by atomic mass is 10.1. The van der Waals surface area contributed by atoms with Crippen LogP contribution in [0.1, 0.15) is 17.3 Å². The van der Waals surface area contributed by atoms with Gasteiger partial charge in [-0.05, 0) is 13.0 Å². The van der Waals surface area contributed by atoms with Gasteiger partial charge in [0.1, 0.15) is 0 Å². The molecule has 0 saturated carbocycles. The van der Waals surface area contributed by atoms with Gasteiger partial charge in [0.05, 0.1) is 24.1 Å². The van der Waals surface area contributed by atoms with Gasteiger partial charge in [0, 0.05) is 12.6 Å². The zero-order valence-corrected chi connectivity index (χ0v) is 10.8. The first-order valence-corrected chi connectivity index (χ1v) is 5.60. The number of para-hydroxylation sites is 1. The second-order valence-corrected chi connectivity index (χ2v) is 3.64. The quantitative estimate of drug-likeness (QED) is 0.460. The number of carbonyl (C=O) groups excluding carboxylic acids is 1. The molecule has 6 nitrogen and oxygen atoms in total. The van der Waals surface area contributed by atoms with E-state index in [0.29, 0.717) is 6.54 Å².